The van der Waals surface area contributed by atoms with Crippen LogP contribution in [-0.4, -0.2) is 11.5 Å². The quantitative estimate of drug-likeness (QED) is 0.876. The lowest BCUT2D eigenvalue weighted by molar-refractivity contribution is -0.155. The van der Waals surface area contributed by atoms with Gasteiger partial charge in [-0.2, -0.15) is 0 Å². The van der Waals surface area contributed by atoms with Crippen LogP contribution in [0.2, 0.25) is 0 Å². The third kappa shape index (κ3) is 2.98. The fourth-order valence-electron chi connectivity index (χ4n) is 2.81. The number of hydrogen-bond acceptors (Lipinski definition) is 3. The number of esters is 1. The third-order valence-electron chi connectivity index (χ3n) is 4.11. The highest BCUT2D eigenvalue weighted by Gasteiger charge is 2.48. The van der Waals surface area contributed by atoms with Gasteiger partial charge < -0.3 is 10.5 Å². The maximum atomic E-state index is 12.2. The molecule has 0 saturated heterocycles. The summed E-state index contributed by atoms with van der Waals surface area (Å²) in [5.74, 6) is 0.0685. The Morgan fingerprint density at radius 3 is 2.24 bits per heavy atom. The summed E-state index contributed by atoms with van der Waals surface area (Å²) in [6, 6.07) is 19.8. The van der Waals surface area contributed by atoms with Crippen molar-refractivity contribution in [2.75, 3.05) is 0 Å². The second kappa shape index (κ2) is 5.70. The number of ether oxygens (including phenoxy) is 1. The van der Waals surface area contributed by atoms with Gasteiger partial charge in [-0.3, -0.25) is 4.79 Å². The Morgan fingerprint density at radius 2 is 1.62 bits per heavy atom. The molecule has 0 spiro atoms. The van der Waals surface area contributed by atoms with Gasteiger partial charge in [-0.15, -0.1) is 0 Å². The van der Waals surface area contributed by atoms with Crippen molar-refractivity contribution >= 4 is 5.97 Å². The maximum Gasteiger partial charge on any atom is 0.326 e. The van der Waals surface area contributed by atoms with E-state index in [1.165, 1.54) is 5.56 Å². The third-order valence-corrected chi connectivity index (χ3v) is 4.11. The molecular weight excluding hydrogens is 262 g/mol. The highest BCUT2D eigenvalue weighted by molar-refractivity contribution is 5.82. The Kier molecular flexibility index (Phi) is 3.76. The van der Waals surface area contributed by atoms with Crippen LogP contribution in [0, 0.1) is 0 Å². The van der Waals surface area contributed by atoms with Gasteiger partial charge in [0.1, 0.15) is 12.1 Å². The van der Waals surface area contributed by atoms with Crippen LogP contribution in [0.3, 0.4) is 0 Å². The summed E-state index contributed by atoms with van der Waals surface area (Å²) in [7, 11) is 0. The lowest BCUT2D eigenvalue weighted by atomic mass is 9.66. The van der Waals surface area contributed by atoms with Crippen molar-refractivity contribution in [3.8, 4) is 0 Å². The lowest BCUT2D eigenvalue weighted by Crippen LogP contribution is -2.57. The number of benzene rings is 2. The van der Waals surface area contributed by atoms with Gasteiger partial charge in [0, 0.05) is 0 Å². The largest absolute Gasteiger partial charge is 0.459 e. The molecule has 1 aliphatic carbocycles. The van der Waals surface area contributed by atoms with E-state index in [1.54, 1.807) is 0 Å². The summed E-state index contributed by atoms with van der Waals surface area (Å²) in [6.07, 6.45) is 1.31. The molecule has 1 fully saturated rings. The van der Waals surface area contributed by atoms with Crippen LogP contribution in [0.1, 0.15) is 29.9 Å². The summed E-state index contributed by atoms with van der Waals surface area (Å²) in [5, 5.41) is 0. The van der Waals surface area contributed by atoms with E-state index in [-0.39, 0.29) is 12.6 Å². The monoisotopic (exact) mass is 281 g/mol. The molecule has 1 aliphatic rings. The maximum absolute atomic E-state index is 12.2. The molecule has 2 aromatic carbocycles. The molecule has 21 heavy (non-hydrogen) atoms. The molecule has 3 nitrogen and oxygen atoms in total. The van der Waals surface area contributed by atoms with E-state index in [2.05, 4.69) is 12.1 Å². The molecule has 3 heteroatoms. The minimum absolute atomic E-state index is 0.286. The summed E-state index contributed by atoms with van der Waals surface area (Å²) >= 11 is 0. The molecule has 2 aromatic rings. The number of rotatable bonds is 4. The molecule has 0 radical (unpaired) electrons. The van der Waals surface area contributed by atoms with E-state index in [0.717, 1.165) is 5.56 Å². The summed E-state index contributed by atoms with van der Waals surface area (Å²) in [5.41, 5.74) is 7.56. The first kappa shape index (κ1) is 13.8. The van der Waals surface area contributed by atoms with Crippen molar-refractivity contribution in [2.24, 2.45) is 5.73 Å². The molecule has 0 bridgehead atoms. The summed E-state index contributed by atoms with van der Waals surface area (Å²) < 4.78 is 5.36. The molecule has 2 N–H and O–H groups in total. The molecular formula is C18H19NO2. The van der Waals surface area contributed by atoms with Gasteiger partial charge in [0.2, 0.25) is 0 Å². The minimum atomic E-state index is -0.824. The van der Waals surface area contributed by atoms with Crippen molar-refractivity contribution in [1.82, 2.24) is 0 Å². The first-order valence-electron chi connectivity index (χ1n) is 7.22. The SMILES string of the molecule is NC1(C(=O)OCc2ccccc2)CC(c2ccccc2)C1. The van der Waals surface area contributed by atoms with Crippen molar-refractivity contribution in [2.45, 2.75) is 30.9 Å². The topological polar surface area (TPSA) is 52.3 Å². The molecule has 0 aliphatic heterocycles. The van der Waals surface area contributed by atoms with E-state index in [9.17, 15) is 4.79 Å². The number of carbonyl (C=O) groups is 1. The Morgan fingerprint density at radius 1 is 1.05 bits per heavy atom. The van der Waals surface area contributed by atoms with E-state index >= 15 is 0 Å². The average molecular weight is 281 g/mol. The Labute approximate surface area is 124 Å². The second-order valence-corrected chi connectivity index (χ2v) is 5.73. The Balaban J connectivity index is 1.54. The predicted molar refractivity (Wildman–Crippen MR) is 81.6 cm³/mol. The zero-order chi connectivity index (χ0) is 14.7. The van der Waals surface area contributed by atoms with E-state index in [0.29, 0.717) is 18.8 Å². The van der Waals surface area contributed by atoms with Crippen LogP contribution in [0.25, 0.3) is 0 Å². The molecule has 0 aromatic heterocycles. The summed E-state index contributed by atoms with van der Waals surface area (Å²) in [4.78, 5) is 12.2. The highest BCUT2D eigenvalue weighted by atomic mass is 16.5. The van der Waals surface area contributed by atoms with Crippen LogP contribution >= 0.6 is 0 Å². The zero-order valence-electron chi connectivity index (χ0n) is 11.9. The summed E-state index contributed by atoms with van der Waals surface area (Å²) in [6.45, 7) is 0.286. The first-order chi connectivity index (χ1) is 10.2. The average Bonchev–Trinajstić information content (AvgIpc) is 2.51. The van der Waals surface area contributed by atoms with Crippen molar-refractivity contribution in [3.05, 3.63) is 71.8 Å². The Hall–Kier alpha value is -2.13. The molecule has 0 unspecified atom stereocenters. The molecule has 108 valence electrons. The fraction of sp³-hybridized carbons (Fsp3) is 0.278. The number of hydrogen-bond donors (Lipinski definition) is 1. The molecule has 1 saturated carbocycles. The standard InChI is InChI=1S/C18H19NO2/c19-18(11-16(12-18)15-9-5-2-6-10-15)17(20)21-13-14-7-3-1-4-8-14/h1-10,16H,11-13,19H2. The van der Waals surface area contributed by atoms with Crippen LogP contribution in [0.4, 0.5) is 0 Å². The molecule has 3 rings (SSSR count). The first-order valence-corrected chi connectivity index (χ1v) is 7.22. The van der Waals surface area contributed by atoms with Gasteiger partial charge in [0.25, 0.3) is 0 Å². The Bertz CT molecular complexity index is 604. The van der Waals surface area contributed by atoms with Gasteiger partial charge in [-0.1, -0.05) is 60.7 Å². The van der Waals surface area contributed by atoms with Crippen molar-refractivity contribution < 1.29 is 9.53 Å². The second-order valence-electron chi connectivity index (χ2n) is 5.73. The smallest absolute Gasteiger partial charge is 0.326 e. The number of carbonyl (C=O) groups excluding carboxylic acids is 1. The van der Waals surface area contributed by atoms with E-state index in [4.69, 9.17) is 10.5 Å². The van der Waals surface area contributed by atoms with E-state index < -0.39 is 5.54 Å². The van der Waals surface area contributed by atoms with Crippen LogP contribution in [0.5, 0.6) is 0 Å². The molecule has 0 atom stereocenters. The predicted octanol–water partition coefficient (Wildman–Crippen LogP) is 3.00. The number of nitrogens with two attached hydrogens (primary N) is 1. The van der Waals surface area contributed by atoms with Crippen LogP contribution < -0.4 is 5.73 Å². The fourth-order valence-corrected chi connectivity index (χ4v) is 2.81. The zero-order valence-corrected chi connectivity index (χ0v) is 11.9. The van der Waals surface area contributed by atoms with Crippen LogP contribution in [-0.2, 0) is 16.1 Å². The molecule has 0 heterocycles. The van der Waals surface area contributed by atoms with Gasteiger partial charge in [0.05, 0.1) is 0 Å². The minimum Gasteiger partial charge on any atom is -0.459 e. The van der Waals surface area contributed by atoms with Gasteiger partial charge in [-0.05, 0) is 29.9 Å². The van der Waals surface area contributed by atoms with Gasteiger partial charge in [-0.25, -0.2) is 0 Å². The van der Waals surface area contributed by atoms with E-state index in [1.807, 2.05) is 48.5 Å². The normalized spacial score (nSPS) is 24.1. The molecule has 0 amide bonds. The van der Waals surface area contributed by atoms with Crippen molar-refractivity contribution in [1.29, 1.82) is 0 Å². The highest BCUT2D eigenvalue weighted by Crippen LogP contribution is 2.43. The van der Waals surface area contributed by atoms with Gasteiger partial charge in [0.15, 0.2) is 0 Å². The van der Waals surface area contributed by atoms with Gasteiger partial charge >= 0.3 is 5.97 Å². The lowest BCUT2D eigenvalue weighted by Gasteiger charge is -2.42. The van der Waals surface area contributed by atoms with Crippen LogP contribution in [0.15, 0.2) is 60.7 Å². The van der Waals surface area contributed by atoms with Crippen molar-refractivity contribution in [3.63, 3.8) is 0 Å².